The van der Waals surface area contributed by atoms with Crippen molar-refractivity contribution in [2.45, 2.75) is 18.9 Å². The third-order valence-corrected chi connectivity index (χ3v) is 2.39. The van der Waals surface area contributed by atoms with Crippen LogP contribution in [0.3, 0.4) is 0 Å². The fourth-order valence-corrected chi connectivity index (χ4v) is 1.75. The SMILES string of the molecule is Nc1cc(F)cc2c1CC[C@@H]2N. The van der Waals surface area contributed by atoms with Crippen molar-refractivity contribution < 1.29 is 4.39 Å². The summed E-state index contributed by atoms with van der Waals surface area (Å²) in [6.07, 6.45) is 1.76. The van der Waals surface area contributed by atoms with E-state index in [9.17, 15) is 4.39 Å². The van der Waals surface area contributed by atoms with Gasteiger partial charge in [0, 0.05) is 11.7 Å². The zero-order chi connectivity index (χ0) is 8.72. The van der Waals surface area contributed by atoms with Crippen LogP contribution in [0.4, 0.5) is 10.1 Å². The van der Waals surface area contributed by atoms with Crippen LogP contribution in [0, 0.1) is 5.82 Å². The molecule has 0 saturated heterocycles. The van der Waals surface area contributed by atoms with Gasteiger partial charge in [-0.25, -0.2) is 4.39 Å². The number of anilines is 1. The lowest BCUT2D eigenvalue weighted by atomic mass is 10.1. The smallest absolute Gasteiger partial charge is 0.125 e. The van der Waals surface area contributed by atoms with E-state index in [2.05, 4.69) is 0 Å². The molecule has 1 aromatic carbocycles. The molecule has 0 radical (unpaired) electrons. The van der Waals surface area contributed by atoms with Crippen LogP contribution in [0.1, 0.15) is 23.6 Å². The number of hydrogen-bond acceptors (Lipinski definition) is 2. The lowest BCUT2D eigenvalue weighted by Gasteiger charge is -2.06. The van der Waals surface area contributed by atoms with E-state index in [1.807, 2.05) is 0 Å². The average Bonchev–Trinajstić information content (AvgIpc) is 2.33. The first-order valence-corrected chi connectivity index (χ1v) is 4.02. The molecule has 0 spiro atoms. The van der Waals surface area contributed by atoms with E-state index in [0.717, 1.165) is 24.0 Å². The number of fused-ring (bicyclic) bond motifs is 1. The minimum Gasteiger partial charge on any atom is -0.398 e. The summed E-state index contributed by atoms with van der Waals surface area (Å²) in [6, 6.07) is 2.82. The van der Waals surface area contributed by atoms with Crippen molar-refractivity contribution >= 4 is 5.69 Å². The molecule has 0 heterocycles. The van der Waals surface area contributed by atoms with E-state index in [-0.39, 0.29) is 11.9 Å². The molecule has 0 aromatic heterocycles. The van der Waals surface area contributed by atoms with Gasteiger partial charge in [0.25, 0.3) is 0 Å². The molecule has 0 fully saturated rings. The van der Waals surface area contributed by atoms with Crippen molar-refractivity contribution in [1.29, 1.82) is 0 Å². The van der Waals surface area contributed by atoms with Crippen molar-refractivity contribution in [3.05, 3.63) is 29.1 Å². The third-order valence-electron chi connectivity index (χ3n) is 2.39. The topological polar surface area (TPSA) is 52.0 Å². The van der Waals surface area contributed by atoms with Crippen LogP contribution >= 0.6 is 0 Å². The molecule has 0 saturated carbocycles. The summed E-state index contributed by atoms with van der Waals surface area (Å²) in [4.78, 5) is 0. The molecule has 1 aliphatic rings. The van der Waals surface area contributed by atoms with Gasteiger partial charge >= 0.3 is 0 Å². The number of nitrogen functional groups attached to an aromatic ring is 1. The fourth-order valence-electron chi connectivity index (χ4n) is 1.75. The van der Waals surface area contributed by atoms with Crippen LogP contribution in [0.25, 0.3) is 0 Å². The molecule has 0 bridgehead atoms. The number of halogens is 1. The molecule has 2 nitrogen and oxygen atoms in total. The lowest BCUT2D eigenvalue weighted by molar-refractivity contribution is 0.622. The average molecular weight is 166 g/mol. The Labute approximate surface area is 70.4 Å². The Balaban J connectivity index is 2.60. The van der Waals surface area contributed by atoms with Crippen molar-refractivity contribution in [2.24, 2.45) is 5.73 Å². The second kappa shape index (κ2) is 2.45. The lowest BCUT2D eigenvalue weighted by Crippen LogP contribution is -2.06. The minimum absolute atomic E-state index is 0.0296. The maximum atomic E-state index is 12.9. The van der Waals surface area contributed by atoms with Gasteiger partial charge in [-0.2, -0.15) is 0 Å². The van der Waals surface area contributed by atoms with E-state index in [4.69, 9.17) is 11.5 Å². The highest BCUT2D eigenvalue weighted by atomic mass is 19.1. The largest absolute Gasteiger partial charge is 0.398 e. The summed E-state index contributed by atoms with van der Waals surface area (Å²) >= 11 is 0. The summed E-state index contributed by atoms with van der Waals surface area (Å²) in [5.74, 6) is -0.288. The normalized spacial score (nSPS) is 21.0. The zero-order valence-corrected chi connectivity index (χ0v) is 6.68. The number of nitrogens with two attached hydrogens (primary N) is 2. The summed E-state index contributed by atoms with van der Waals surface area (Å²) in [5, 5.41) is 0. The van der Waals surface area contributed by atoms with Crippen LogP contribution in [-0.2, 0) is 6.42 Å². The van der Waals surface area contributed by atoms with E-state index < -0.39 is 0 Å². The van der Waals surface area contributed by atoms with Crippen LogP contribution in [-0.4, -0.2) is 0 Å². The van der Waals surface area contributed by atoms with Gasteiger partial charge in [-0.15, -0.1) is 0 Å². The molecule has 2 rings (SSSR count). The van der Waals surface area contributed by atoms with Gasteiger partial charge in [0.15, 0.2) is 0 Å². The van der Waals surface area contributed by atoms with E-state index >= 15 is 0 Å². The van der Waals surface area contributed by atoms with Gasteiger partial charge in [0.05, 0.1) is 0 Å². The first-order chi connectivity index (χ1) is 5.68. The van der Waals surface area contributed by atoms with Crippen molar-refractivity contribution in [1.82, 2.24) is 0 Å². The highest BCUT2D eigenvalue weighted by Gasteiger charge is 2.21. The monoisotopic (exact) mass is 166 g/mol. The number of rotatable bonds is 0. The molecule has 1 aromatic rings. The van der Waals surface area contributed by atoms with Gasteiger partial charge in [-0.3, -0.25) is 0 Å². The highest BCUT2D eigenvalue weighted by molar-refractivity contribution is 5.54. The summed E-state index contributed by atoms with van der Waals surface area (Å²) in [7, 11) is 0. The van der Waals surface area contributed by atoms with Gasteiger partial charge < -0.3 is 11.5 Å². The minimum atomic E-state index is -0.288. The molecule has 64 valence electrons. The van der Waals surface area contributed by atoms with Gasteiger partial charge in [-0.1, -0.05) is 0 Å². The Bertz CT molecular complexity index is 323. The molecule has 1 aliphatic carbocycles. The summed E-state index contributed by atoms with van der Waals surface area (Å²) < 4.78 is 12.9. The first kappa shape index (κ1) is 7.55. The maximum Gasteiger partial charge on any atom is 0.125 e. The number of benzene rings is 1. The predicted octanol–water partition coefficient (Wildman–Crippen LogP) is 1.35. The third kappa shape index (κ3) is 0.975. The van der Waals surface area contributed by atoms with Gasteiger partial charge in [0.1, 0.15) is 5.82 Å². The second-order valence-electron chi connectivity index (χ2n) is 3.21. The quantitative estimate of drug-likeness (QED) is 0.571. The molecule has 0 unspecified atom stereocenters. The van der Waals surface area contributed by atoms with Crippen LogP contribution in [0.2, 0.25) is 0 Å². The Morgan fingerprint density at radius 1 is 1.42 bits per heavy atom. The number of hydrogen-bond donors (Lipinski definition) is 2. The Hall–Kier alpha value is -1.09. The first-order valence-electron chi connectivity index (χ1n) is 4.02. The van der Waals surface area contributed by atoms with Crippen LogP contribution in [0.5, 0.6) is 0 Å². The standard InChI is InChI=1S/C9H11FN2/c10-5-3-7-6(9(12)4-5)1-2-8(7)11/h3-4,8H,1-2,11-12H2/t8-/m0/s1. The van der Waals surface area contributed by atoms with E-state index in [1.165, 1.54) is 12.1 Å². The Morgan fingerprint density at radius 3 is 2.92 bits per heavy atom. The highest BCUT2D eigenvalue weighted by Crippen LogP contribution is 2.33. The predicted molar refractivity (Wildman–Crippen MR) is 46.1 cm³/mol. The Kier molecular flexibility index (Phi) is 1.54. The maximum absolute atomic E-state index is 12.9. The molecular weight excluding hydrogens is 155 g/mol. The molecule has 3 heteroatoms. The summed E-state index contributed by atoms with van der Waals surface area (Å²) in [5.41, 5.74) is 13.9. The molecule has 4 N–H and O–H groups in total. The van der Waals surface area contributed by atoms with E-state index in [0.29, 0.717) is 5.69 Å². The van der Waals surface area contributed by atoms with Crippen LogP contribution < -0.4 is 11.5 Å². The zero-order valence-electron chi connectivity index (χ0n) is 6.68. The van der Waals surface area contributed by atoms with Gasteiger partial charge in [-0.05, 0) is 36.1 Å². The van der Waals surface area contributed by atoms with Gasteiger partial charge in [0.2, 0.25) is 0 Å². The molecule has 0 aliphatic heterocycles. The molecule has 0 amide bonds. The van der Waals surface area contributed by atoms with Crippen molar-refractivity contribution in [3.63, 3.8) is 0 Å². The molecule has 12 heavy (non-hydrogen) atoms. The second-order valence-corrected chi connectivity index (χ2v) is 3.21. The summed E-state index contributed by atoms with van der Waals surface area (Å²) in [6.45, 7) is 0. The van der Waals surface area contributed by atoms with E-state index in [1.54, 1.807) is 0 Å². The fraction of sp³-hybridized carbons (Fsp3) is 0.333. The molecular formula is C9H11FN2. The van der Waals surface area contributed by atoms with Crippen LogP contribution in [0.15, 0.2) is 12.1 Å². The molecule has 1 atom stereocenters. The van der Waals surface area contributed by atoms with Crippen molar-refractivity contribution in [2.75, 3.05) is 5.73 Å². The van der Waals surface area contributed by atoms with Crippen molar-refractivity contribution in [3.8, 4) is 0 Å². The Morgan fingerprint density at radius 2 is 2.17 bits per heavy atom.